The molecule has 10 heavy (non-hydrogen) atoms. The molecule has 64 valence electrons. The molecule has 8 heteroatoms. The summed E-state index contributed by atoms with van der Waals surface area (Å²) in [4.78, 5) is 17.9. The Balaban J connectivity index is -0.0000000208. The summed E-state index contributed by atoms with van der Waals surface area (Å²) < 4.78 is 0. The van der Waals surface area contributed by atoms with Crippen molar-refractivity contribution in [2.24, 2.45) is 0 Å². The van der Waals surface area contributed by atoms with Crippen molar-refractivity contribution in [2.45, 2.75) is 0 Å². The van der Waals surface area contributed by atoms with Crippen molar-refractivity contribution in [3.8, 4) is 0 Å². The predicted molar refractivity (Wildman–Crippen MR) is 20.9 cm³/mol. The van der Waals surface area contributed by atoms with E-state index in [4.69, 9.17) is 19.8 Å². The van der Waals surface area contributed by atoms with E-state index in [0.717, 1.165) is 0 Å². The Labute approximate surface area is 66.1 Å². The Bertz CT molecular complexity index is 77.6. The minimum absolute atomic E-state index is 0. The fourth-order valence-electron chi connectivity index (χ4n) is 0. The summed E-state index contributed by atoms with van der Waals surface area (Å²) in [6, 6.07) is 0. The van der Waals surface area contributed by atoms with E-state index < -0.39 is 11.9 Å². The monoisotopic (exact) mass is 198 g/mol. The maximum absolute atomic E-state index is 8.93. The smallest absolute Gasteiger partial charge is 0.543 e. The molecule has 0 saturated carbocycles. The maximum atomic E-state index is 8.93. The second-order valence-corrected chi connectivity index (χ2v) is 0.575. The molecule has 0 aliphatic carbocycles. The fourth-order valence-corrected chi connectivity index (χ4v) is 0. The van der Waals surface area contributed by atoms with Gasteiger partial charge in [0.05, 0.1) is 11.9 Å². The molecule has 0 rings (SSSR count). The molecule has 0 aliphatic rings. The Hall–Kier alpha value is -0.661. The van der Waals surface area contributed by atoms with Crippen LogP contribution in [0.1, 0.15) is 0 Å². The molecular weight excluding hydrogens is 192 g/mol. The van der Waals surface area contributed by atoms with Gasteiger partial charge in [0.2, 0.25) is 0 Å². The van der Waals surface area contributed by atoms with Crippen LogP contribution in [0.25, 0.3) is 0 Å². The molecule has 0 aromatic rings. The van der Waals surface area contributed by atoms with Crippen molar-refractivity contribution < 1.29 is 53.3 Å². The summed E-state index contributed by atoms with van der Waals surface area (Å²) >= 11 is 0. The Morgan fingerprint density at radius 1 is 0.800 bits per heavy atom. The molecule has 0 fully saturated rings. The van der Waals surface area contributed by atoms with Crippen molar-refractivity contribution >= 4 is 11.9 Å². The quantitative estimate of drug-likeness (QED) is 0.278. The summed E-state index contributed by atoms with van der Waals surface area (Å²) in [6.07, 6.45) is 0. The molecule has 7 nitrogen and oxygen atoms in total. The van der Waals surface area contributed by atoms with E-state index in [2.05, 4.69) is 0 Å². The summed E-state index contributed by atoms with van der Waals surface area (Å²) in [5.41, 5.74) is 0. The van der Waals surface area contributed by atoms with Crippen LogP contribution < -0.4 is 10.2 Å². The fraction of sp³-hybridized carbons (Fsp3) is 0. The summed E-state index contributed by atoms with van der Waals surface area (Å²) in [6.45, 7) is 0. The maximum Gasteiger partial charge on any atom is 2.00 e. The van der Waals surface area contributed by atoms with E-state index in [1.54, 1.807) is 0 Å². The number of carbonyl (C=O) groups is 2. The van der Waals surface area contributed by atoms with Crippen LogP contribution in [0.2, 0.25) is 0 Å². The second kappa shape index (κ2) is 15.8. The van der Waals surface area contributed by atoms with Crippen LogP contribution in [-0.4, -0.2) is 28.4 Å². The van der Waals surface area contributed by atoms with E-state index in [-0.39, 0.29) is 33.5 Å². The first-order valence-corrected chi connectivity index (χ1v) is 1.07. The third kappa shape index (κ3) is 26.4. The third-order valence-electron chi connectivity index (χ3n) is 0.167. The van der Waals surface area contributed by atoms with Crippen LogP contribution in [0.4, 0.5) is 0 Å². The Morgan fingerprint density at radius 3 is 0.900 bits per heavy atom. The average molecular weight is 198 g/mol. The molecule has 0 amide bonds. The van der Waals surface area contributed by atoms with Crippen LogP contribution in [0, 0.1) is 0 Å². The van der Waals surface area contributed by atoms with Gasteiger partial charge >= 0.3 is 17.1 Å². The molecule has 6 N–H and O–H groups in total. The Kier molecular flexibility index (Phi) is 54.3. The second-order valence-electron chi connectivity index (χ2n) is 0.575. The molecule has 0 saturated heterocycles. The van der Waals surface area contributed by atoms with Crippen molar-refractivity contribution in [3.63, 3.8) is 0 Å². The first-order chi connectivity index (χ1) is 2.64. The van der Waals surface area contributed by atoms with Crippen LogP contribution >= 0.6 is 0 Å². The predicted octanol–water partition coefficient (Wildman–Crippen LogP) is -5.99. The molecule has 0 aliphatic heterocycles. The van der Waals surface area contributed by atoms with Gasteiger partial charge in [-0.15, -0.1) is 0 Å². The normalized spacial score (nSPS) is 4.40. The van der Waals surface area contributed by atoms with Crippen molar-refractivity contribution in [1.82, 2.24) is 0 Å². The van der Waals surface area contributed by atoms with Gasteiger partial charge in [0.1, 0.15) is 0 Å². The largest absolute Gasteiger partial charge is 2.00 e. The van der Waals surface area contributed by atoms with Crippen LogP contribution in [0.5, 0.6) is 0 Å². The topological polar surface area (TPSA) is 175 Å². The average Bonchev–Trinajstić information content (AvgIpc) is 1.36. The molecule has 0 spiro atoms. The zero-order valence-electron chi connectivity index (χ0n) is 4.49. The summed E-state index contributed by atoms with van der Waals surface area (Å²) in [5, 5.41) is 17.9. The number of hydrogen-bond acceptors (Lipinski definition) is 4. The van der Waals surface area contributed by atoms with E-state index in [0.29, 0.717) is 0 Å². The van der Waals surface area contributed by atoms with Gasteiger partial charge in [0, 0.05) is 0 Å². The minimum Gasteiger partial charge on any atom is -0.543 e. The zero-order valence-corrected chi connectivity index (χ0v) is 5.59. The number of carboxylic acids is 2. The molecule has 0 unspecified atom stereocenters. The number of carboxylic acid groups (broad SMARTS) is 2. The van der Waals surface area contributed by atoms with Gasteiger partial charge in [-0.1, -0.05) is 0 Å². The first-order valence-electron chi connectivity index (χ1n) is 1.07. The van der Waals surface area contributed by atoms with Gasteiger partial charge in [-0.05, 0) is 0 Å². The van der Waals surface area contributed by atoms with Gasteiger partial charge in [-0.2, -0.15) is 0 Å². The van der Waals surface area contributed by atoms with Gasteiger partial charge in [0.25, 0.3) is 0 Å². The Morgan fingerprint density at radius 2 is 0.900 bits per heavy atom. The van der Waals surface area contributed by atoms with Gasteiger partial charge < -0.3 is 36.2 Å². The SMILES string of the molecule is O.O.O.O=C([O-])C(=O)[O-].[Fe+2]. The zero-order chi connectivity index (χ0) is 5.15. The minimum atomic E-state index is -2.19. The first kappa shape index (κ1) is 34.5. The van der Waals surface area contributed by atoms with E-state index in [1.807, 2.05) is 0 Å². The standard InChI is InChI=1S/C2H2O4.Fe.3H2O/c3-1(4)2(5)6;;;;/h(H,3,4)(H,5,6);;3*1H2/q;+2;;;/p-2. The van der Waals surface area contributed by atoms with Gasteiger partial charge in [-0.25, -0.2) is 0 Å². The van der Waals surface area contributed by atoms with Gasteiger partial charge in [0.15, 0.2) is 0 Å². The molecular formula is C2H6FeO7. The molecule has 0 bridgehead atoms. The van der Waals surface area contributed by atoms with Crippen molar-refractivity contribution in [1.29, 1.82) is 0 Å². The molecule has 0 aromatic heterocycles. The van der Waals surface area contributed by atoms with Crippen LogP contribution in [-0.2, 0) is 26.7 Å². The van der Waals surface area contributed by atoms with Crippen LogP contribution in [0.15, 0.2) is 0 Å². The van der Waals surface area contributed by atoms with E-state index in [9.17, 15) is 0 Å². The number of hydrogen-bond donors (Lipinski definition) is 0. The van der Waals surface area contributed by atoms with Gasteiger partial charge in [-0.3, -0.25) is 0 Å². The number of aliphatic carboxylic acids is 2. The van der Waals surface area contributed by atoms with Crippen molar-refractivity contribution in [3.05, 3.63) is 0 Å². The van der Waals surface area contributed by atoms with E-state index in [1.165, 1.54) is 0 Å². The van der Waals surface area contributed by atoms with Crippen molar-refractivity contribution in [2.75, 3.05) is 0 Å². The van der Waals surface area contributed by atoms with E-state index >= 15 is 0 Å². The molecule has 0 aromatic carbocycles. The molecule has 0 atom stereocenters. The number of carbonyl (C=O) groups excluding carboxylic acids is 2. The molecule has 0 radical (unpaired) electrons. The van der Waals surface area contributed by atoms with Crippen LogP contribution in [0.3, 0.4) is 0 Å². The number of rotatable bonds is 0. The third-order valence-corrected chi connectivity index (χ3v) is 0.167. The molecule has 0 heterocycles. The summed E-state index contributed by atoms with van der Waals surface area (Å²) in [7, 11) is 0. The summed E-state index contributed by atoms with van der Waals surface area (Å²) in [5.74, 6) is -4.37.